The van der Waals surface area contributed by atoms with E-state index in [4.69, 9.17) is 11.5 Å². The Morgan fingerprint density at radius 1 is 1.05 bits per heavy atom. The Morgan fingerprint density at radius 2 is 1.66 bits per heavy atom. The monoisotopic (exact) mass is 522 g/mol. The van der Waals surface area contributed by atoms with Crippen LogP contribution in [0.5, 0.6) is 0 Å². The molecule has 3 unspecified atom stereocenters. The third kappa shape index (κ3) is 5.45. The van der Waals surface area contributed by atoms with Crippen LogP contribution >= 0.6 is 0 Å². The van der Waals surface area contributed by atoms with E-state index >= 15 is 0 Å². The van der Waals surface area contributed by atoms with E-state index < -0.39 is 11.2 Å². The first-order valence-electron chi connectivity index (χ1n) is 13.3. The second kappa shape index (κ2) is 10.1. The third-order valence-electron chi connectivity index (χ3n) is 8.05. The number of rotatable bonds is 6. The average Bonchev–Trinajstić information content (AvgIpc) is 3.27. The molecule has 0 bridgehead atoms. The summed E-state index contributed by atoms with van der Waals surface area (Å²) in [6, 6.07) is 9.62. The second-order valence-corrected chi connectivity index (χ2v) is 11.5. The van der Waals surface area contributed by atoms with Gasteiger partial charge in [-0.25, -0.2) is 9.59 Å². The van der Waals surface area contributed by atoms with Crippen molar-refractivity contribution in [2.75, 3.05) is 51.1 Å². The van der Waals surface area contributed by atoms with E-state index in [0.29, 0.717) is 55.7 Å². The Morgan fingerprint density at radius 3 is 2.24 bits per heavy atom. The lowest BCUT2D eigenvalue weighted by molar-refractivity contribution is -0.137. The number of hydrogen-bond donors (Lipinski definition) is 3. The van der Waals surface area contributed by atoms with Gasteiger partial charge in [-0.1, -0.05) is 19.1 Å². The molecular weight excluding hydrogens is 484 g/mol. The van der Waals surface area contributed by atoms with Gasteiger partial charge < -0.3 is 26.2 Å². The van der Waals surface area contributed by atoms with Gasteiger partial charge >= 0.3 is 11.7 Å². The van der Waals surface area contributed by atoms with Gasteiger partial charge in [-0.05, 0) is 55.4 Å². The van der Waals surface area contributed by atoms with Crippen molar-refractivity contribution in [3.05, 3.63) is 52.6 Å². The van der Waals surface area contributed by atoms with E-state index in [9.17, 15) is 14.4 Å². The molecule has 2 saturated heterocycles. The van der Waals surface area contributed by atoms with E-state index in [0.717, 1.165) is 19.6 Å². The molecule has 11 nitrogen and oxygen atoms in total. The smallest absolute Gasteiger partial charge is 0.338 e. The van der Waals surface area contributed by atoms with Crippen LogP contribution in [0, 0.1) is 11.8 Å². The van der Waals surface area contributed by atoms with Crippen LogP contribution in [-0.2, 0) is 4.79 Å². The van der Waals surface area contributed by atoms with Crippen molar-refractivity contribution >= 4 is 17.8 Å². The summed E-state index contributed by atoms with van der Waals surface area (Å²) in [6.45, 7) is 10.3. The standard InChI is InChI=1S/C27H38N8O3/c1-17(14-32-15-20-21(16-32)23(20)28)18-4-6-19(7-5-18)35-9-8-22(31-26(35)38)30-25(37)34-12-10-33(11-13-34)24(36)27(2,3)29/h4-9,17,20-21,23H,10-16,28-29H2,1-3H3,(H,30,31,37,38). The van der Waals surface area contributed by atoms with Crippen LogP contribution in [-0.4, -0.2) is 93.6 Å². The zero-order valence-corrected chi connectivity index (χ0v) is 22.3. The molecule has 3 heterocycles. The summed E-state index contributed by atoms with van der Waals surface area (Å²) >= 11 is 0. The van der Waals surface area contributed by atoms with Crippen LogP contribution < -0.4 is 22.5 Å². The van der Waals surface area contributed by atoms with Crippen molar-refractivity contribution < 1.29 is 9.59 Å². The zero-order valence-electron chi connectivity index (χ0n) is 22.3. The highest BCUT2D eigenvalue weighted by atomic mass is 16.2. The summed E-state index contributed by atoms with van der Waals surface area (Å²) < 4.78 is 1.46. The highest BCUT2D eigenvalue weighted by Gasteiger charge is 2.53. The number of carbonyl (C=O) groups is 2. The molecular formula is C27H38N8O3. The maximum Gasteiger partial charge on any atom is 0.354 e. The summed E-state index contributed by atoms with van der Waals surface area (Å²) in [6.07, 6.45) is 1.61. The van der Waals surface area contributed by atoms with Gasteiger partial charge in [0, 0.05) is 58.1 Å². The molecule has 3 amide bonds. The quantitative estimate of drug-likeness (QED) is 0.505. The van der Waals surface area contributed by atoms with Crippen molar-refractivity contribution in [3.63, 3.8) is 0 Å². The summed E-state index contributed by atoms with van der Waals surface area (Å²) in [5, 5.41) is 2.69. The lowest BCUT2D eigenvalue weighted by Gasteiger charge is -2.37. The fourth-order valence-corrected chi connectivity index (χ4v) is 5.64. The number of anilines is 1. The highest BCUT2D eigenvalue weighted by Crippen LogP contribution is 2.44. The summed E-state index contributed by atoms with van der Waals surface area (Å²) in [5.74, 6) is 1.79. The van der Waals surface area contributed by atoms with Gasteiger partial charge in [0.05, 0.1) is 11.2 Å². The first kappa shape index (κ1) is 26.3. The Balaban J connectivity index is 1.15. The largest absolute Gasteiger partial charge is 0.354 e. The number of piperazine rings is 1. The molecule has 3 fully saturated rings. The van der Waals surface area contributed by atoms with Crippen LogP contribution in [0.4, 0.5) is 10.6 Å². The maximum atomic E-state index is 12.7. The van der Waals surface area contributed by atoms with Crippen LogP contribution in [0.2, 0.25) is 0 Å². The molecule has 0 spiro atoms. The fourth-order valence-electron chi connectivity index (χ4n) is 5.64. The van der Waals surface area contributed by atoms with E-state index in [1.165, 1.54) is 10.1 Å². The number of hydrogen-bond acceptors (Lipinski definition) is 7. The number of nitrogens with zero attached hydrogens (tertiary/aromatic N) is 5. The van der Waals surface area contributed by atoms with Crippen molar-refractivity contribution in [2.45, 2.75) is 38.3 Å². The van der Waals surface area contributed by atoms with Crippen molar-refractivity contribution in [1.82, 2.24) is 24.3 Å². The number of nitrogens with two attached hydrogens (primary N) is 2. The number of nitrogens with one attached hydrogen (secondary N) is 1. The highest BCUT2D eigenvalue weighted by molar-refractivity contribution is 5.89. The van der Waals surface area contributed by atoms with E-state index in [-0.39, 0.29) is 17.8 Å². The van der Waals surface area contributed by atoms with Gasteiger partial charge in [0.1, 0.15) is 5.82 Å². The Kier molecular flexibility index (Phi) is 7.01. The molecule has 1 saturated carbocycles. The lowest BCUT2D eigenvalue weighted by atomic mass is 10.00. The summed E-state index contributed by atoms with van der Waals surface area (Å²) in [7, 11) is 0. The Bertz CT molecular complexity index is 1230. The molecule has 38 heavy (non-hydrogen) atoms. The SMILES string of the molecule is CC(CN1CC2C(N)C2C1)c1ccc(-n2ccc(NC(=O)N3CCN(C(=O)C(C)(C)N)CC3)nc2=O)cc1. The molecule has 5 rings (SSSR count). The van der Waals surface area contributed by atoms with Crippen molar-refractivity contribution in [1.29, 1.82) is 0 Å². The van der Waals surface area contributed by atoms with Gasteiger partial charge in [0.15, 0.2) is 0 Å². The summed E-state index contributed by atoms with van der Waals surface area (Å²) in [4.78, 5) is 47.6. The molecule has 3 aliphatic rings. The molecule has 0 radical (unpaired) electrons. The molecule has 2 aliphatic heterocycles. The number of amides is 3. The number of likely N-dealkylation sites (tertiary alicyclic amines) is 1. The molecule has 3 atom stereocenters. The normalized spacial score (nSPS) is 24.2. The Hall–Kier alpha value is -3.28. The average molecular weight is 523 g/mol. The van der Waals surface area contributed by atoms with E-state index in [1.54, 1.807) is 35.9 Å². The summed E-state index contributed by atoms with van der Waals surface area (Å²) in [5.41, 5.74) is 12.5. The number of aromatic nitrogens is 2. The minimum Gasteiger partial charge on any atom is -0.338 e. The lowest BCUT2D eigenvalue weighted by Crippen LogP contribution is -2.58. The van der Waals surface area contributed by atoms with Crippen molar-refractivity contribution in [2.24, 2.45) is 23.3 Å². The molecule has 5 N–H and O–H groups in total. The number of benzene rings is 1. The molecule has 1 aromatic carbocycles. The van der Waals surface area contributed by atoms with Gasteiger partial charge in [-0.3, -0.25) is 14.7 Å². The Labute approximate surface area is 222 Å². The number of urea groups is 1. The minimum atomic E-state index is -0.945. The van der Waals surface area contributed by atoms with Crippen LogP contribution in [0.15, 0.2) is 41.3 Å². The number of piperidine rings is 1. The fraction of sp³-hybridized carbons (Fsp3) is 0.556. The van der Waals surface area contributed by atoms with Crippen LogP contribution in [0.25, 0.3) is 5.69 Å². The number of carbonyl (C=O) groups excluding carboxylic acids is 2. The van der Waals surface area contributed by atoms with Gasteiger partial charge in [0.2, 0.25) is 5.91 Å². The molecule has 1 aromatic heterocycles. The maximum absolute atomic E-state index is 12.7. The molecule has 204 valence electrons. The van der Waals surface area contributed by atoms with Crippen LogP contribution in [0.1, 0.15) is 32.3 Å². The van der Waals surface area contributed by atoms with Gasteiger partial charge in [0.25, 0.3) is 0 Å². The molecule has 2 aromatic rings. The third-order valence-corrected chi connectivity index (χ3v) is 8.05. The first-order chi connectivity index (χ1) is 18.0. The van der Waals surface area contributed by atoms with Crippen molar-refractivity contribution in [3.8, 4) is 5.69 Å². The molecule has 1 aliphatic carbocycles. The predicted molar refractivity (Wildman–Crippen MR) is 145 cm³/mol. The van der Waals surface area contributed by atoms with Gasteiger partial charge in [-0.15, -0.1) is 0 Å². The topological polar surface area (TPSA) is 143 Å². The van der Waals surface area contributed by atoms with Gasteiger partial charge in [-0.2, -0.15) is 4.98 Å². The second-order valence-electron chi connectivity index (χ2n) is 11.5. The molecule has 11 heteroatoms. The van der Waals surface area contributed by atoms with E-state index in [1.807, 2.05) is 12.1 Å². The van der Waals surface area contributed by atoms with Crippen LogP contribution in [0.3, 0.4) is 0 Å². The zero-order chi connectivity index (χ0) is 27.2. The predicted octanol–water partition coefficient (Wildman–Crippen LogP) is 0.638. The minimum absolute atomic E-state index is 0.140. The first-order valence-corrected chi connectivity index (χ1v) is 13.3. The van der Waals surface area contributed by atoms with E-state index in [2.05, 4.69) is 34.3 Å². The number of fused-ring (bicyclic) bond motifs is 1.